The van der Waals surface area contributed by atoms with Crippen molar-refractivity contribution in [2.24, 2.45) is 5.92 Å². The topological polar surface area (TPSA) is 46.3 Å². The Kier molecular flexibility index (Phi) is 4.12. The average molecular weight is 267 g/mol. The van der Waals surface area contributed by atoms with Gasteiger partial charge in [-0.05, 0) is 37.0 Å². The van der Waals surface area contributed by atoms with Crippen LogP contribution in [0.5, 0.6) is 0 Å². The number of anilines is 2. The molecule has 18 heavy (non-hydrogen) atoms. The lowest BCUT2D eigenvalue weighted by atomic mass is 10.0. The van der Waals surface area contributed by atoms with E-state index in [1.807, 2.05) is 0 Å². The van der Waals surface area contributed by atoms with Gasteiger partial charge in [0.2, 0.25) is 5.91 Å². The second kappa shape index (κ2) is 5.61. The predicted molar refractivity (Wildman–Crippen MR) is 75.8 cm³/mol. The van der Waals surface area contributed by atoms with Crippen LogP contribution in [0.3, 0.4) is 0 Å². The second-order valence-electron chi connectivity index (χ2n) is 5.01. The molecule has 1 aromatic rings. The summed E-state index contributed by atoms with van der Waals surface area (Å²) in [5.74, 6) is 0.663. The molecule has 0 bridgehead atoms. The Balaban J connectivity index is 2.07. The zero-order valence-corrected chi connectivity index (χ0v) is 11.4. The van der Waals surface area contributed by atoms with E-state index >= 15 is 0 Å². The number of carbonyl (C=O) groups is 1. The van der Waals surface area contributed by atoms with Crippen molar-refractivity contribution >= 4 is 28.9 Å². The quantitative estimate of drug-likeness (QED) is 0.852. The van der Waals surface area contributed by atoms with Gasteiger partial charge in [0, 0.05) is 18.5 Å². The van der Waals surface area contributed by atoms with E-state index < -0.39 is 0 Å². The fourth-order valence-corrected chi connectivity index (χ4v) is 2.71. The Hall–Kier alpha value is -1.22. The highest BCUT2D eigenvalue weighted by Gasteiger charge is 2.21. The van der Waals surface area contributed by atoms with Crippen molar-refractivity contribution in [1.82, 2.24) is 0 Å². The Morgan fingerprint density at radius 3 is 2.78 bits per heavy atom. The first kappa shape index (κ1) is 13.2. The van der Waals surface area contributed by atoms with Gasteiger partial charge in [0.25, 0.3) is 0 Å². The minimum absolute atomic E-state index is 0.121. The molecule has 1 saturated carbocycles. The summed E-state index contributed by atoms with van der Waals surface area (Å²) >= 11 is 5.94. The summed E-state index contributed by atoms with van der Waals surface area (Å²) in [5.41, 5.74) is 7.17. The van der Waals surface area contributed by atoms with Crippen molar-refractivity contribution < 1.29 is 4.79 Å². The normalized spacial score (nSPS) is 15.9. The number of nitrogens with zero attached hydrogens (tertiary/aromatic N) is 1. The maximum Gasteiger partial charge on any atom is 0.227 e. The highest BCUT2D eigenvalue weighted by Crippen LogP contribution is 2.30. The second-order valence-corrected chi connectivity index (χ2v) is 5.45. The molecule has 0 unspecified atom stereocenters. The minimum Gasteiger partial charge on any atom is -0.397 e. The Morgan fingerprint density at radius 1 is 1.44 bits per heavy atom. The number of nitrogens with two attached hydrogens (primary N) is 1. The summed E-state index contributed by atoms with van der Waals surface area (Å²) in [6.07, 6.45) is 5.46. The molecule has 1 amide bonds. The zero-order valence-electron chi connectivity index (χ0n) is 10.7. The van der Waals surface area contributed by atoms with Gasteiger partial charge in [0.05, 0.1) is 11.4 Å². The van der Waals surface area contributed by atoms with Gasteiger partial charge in [-0.2, -0.15) is 0 Å². The molecule has 0 aliphatic heterocycles. The summed E-state index contributed by atoms with van der Waals surface area (Å²) in [6, 6.07) is 5.20. The summed E-state index contributed by atoms with van der Waals surface area (Å²) in [7, 11) is 1.76. The molecule has 98 valence electrons. The molecule has 1 aromatic carbocycles. The van der Waals surface area contributed by atoms with Crippen LogP contribution in [0.2, 0.25) is 5.02 Å². The van der Waals surface area contributed by atoms with Gasteiger partial charge in [0.1, 0.15) is 0 Å². The third kappa shape index (κ3) is 2.96. The lowest BCUT2D eigenvalue weighted by Crippen LogP contribution is -2.28. The molecule has 1 aliphatic carbocycles. The van der Waals surface area contributed by atoms with Crippen molar-refractivity contribution in [3.63, 3.8) is 0 Å². The lowest BCUT2D eigenvalue weighted by Gasteiger charge is -2.21. The Morgan fingerprint density at radius 2 is 2.11 bits per heavy atom. The smallest absolute Gasteiger partial charge is 0.227 e. The number of hydrogen-bond acceptors (Lipinski definition) is 2. The molecule has 1 fully saturated rings. The first-order valence-corrected chi connectivity index (χ1v) is 6.77. The van der Waals surface area contributed by atoms with Gasteiger partial charge in [-0.25, -0.2) is 0 Å². The third-order valence-electron chi connectivity index (χ3n) is 3.67. The van der Waals surface area contributed by atoms with Crippen molar-refractivity contribution in [2.75, 3.05) is 17.7 Å². The van der Waals surface area contributed by atoms with Crippen LogP contribution < -0.4 is 10.6 Å². The van der Waals surface area contributed by atoms with Crippen LogP contribution in [0.25, 0.3) is 0 Å². The fraction of sp³-hybridized carbons (Fsp3) is 0.500. The van der Waals surface area contributed by atoms with Crippen LogP contribution in [-0.2, 0) is 4.79 Å². The van der Waals surface area contributed by atoms with E-state index in [0.29, 0.717) is 28.7 Å². The molecule has 0 atom stereocenters. The summed E-state index contributed by atoms with van der Waals surface area (Å²) in [5, 5.41) is 0.597. The standard InChI is InChI=1S/C14H19ClN2O/c1-17(13-9-11(15)6-7-12(13)16)14(18)8-10-4-2-3-5-10/h6-7,9-10H,2-5,8,16H2,1H3. The van der Waals surface area contributed by atoms with Gasteiger partial charge in [-0.1, -0.05) is 24.4 Å². The summed E-state index contributed by atoms with van der Waals surface area (Å²) in [6.45, 7) is 0. The van der Waals surface area contributed by atoms with E-state index in [0.717, 1.165) is 0 Å². The van der Waals surface area contributed by atoms with E-state index in [9.17, 15) is 4.79 Å². The SMILES string of the molecule is CN(C(=O)CC1CCCC1)c1cc(Cl)ccc1N. The third-order valence-corrected chi connectivity index (χ3v) is 3.90. The molecule has 0 aromatic heterocycles. The van der Waals surface area contributed by atoms with E-state index in [4.69, 9.17) is 17.3 Å². The zero-order chi connectivity index (χ0) is 13.1. The maximum atomic E-state index is 12.2. The minimum atomic E-state index is 0.121. The molecule has 1 aliphatic rings. The van der Waals surface area contributed by atoms with E-state index in [-0.39, 0.29) is 5.91 Å². The largest absolute Gasteiger partial charge is 0.397 e. The van der Waals surface area contributed by atoms with Crippen LogP contribution in [0.15, 0.2) is 18.2 Å². The van der Waals surface area contributed by atoms with Gasteiger partial charge in [-0.15, -0.1) is 0 Å². The van der Waals surface area contributed by atoms with Gasteiger partial charge < -0.3 is 10.6 Å². The molecule has 2 N–H and O–H groups in total. The molecule has 0 radical (unpaired) electrons. The monoisotopic (exact) mass is 266 g/mol. The number of carbonyl (C=O) groups excluding carboxylic acids is 1. The molecule has 3 nitrogen and oxygen atoms in total. The van der Waals surface area contributed by atoms with E-state index in [1.165, 1.54) is 25.7 Å². The molecule has 0 heterocycles. The predicted octanol–water partition coefficient (Wildman–Crippen LogP) is 3.47. The van der Waals surface area contributed by atoms with Gasteiger partial charge >= 0.3 is 0 Å². The molecular weight excluding hydrogens is 248 g/mol. The number of benzene rings is 1. The Bertz CT molecular complexity index is 441. The van der Waals surface area contributed by atoms with Crippen LogP contribution in [-0.4, -0.2) is 13.0 Å². The maximum absolute atomic E-state index is 12.2. The highest BCUT2D eigenvalue weighted by atomic mass is 35.5. The molecule has 4 heteroatoms. The number of amides is 1. The molecule has 0 spiro atoms. The van der Waals surface area contributed by atoms with Crippen LogP contribution in [0, 0.1) is 5.92 Å². The van der Waals surface area contributed by atoms with Crippen molar-refractivity contribution in [3.8, 4) is 0 Å². The van der Waals surface area contributed by atoms with Crippen molar-refractivity contribution in [3.05, 3.63) is 23.2 Å². The van der Waals surface area contributed by atoms with Crippen LogP contribution in [0.1, 0.15) is 32.1 Å². The Labute approximate surface area is 113 Å². The molecule has 2 rings (SSSR count). The number of nitrogen functional groups attached to an aromatic ring is 1. The fourth-order valence-electron chi connectivity index (χ4n) is 2.54. The van der Waals surface area contributed by atoms with Gasteiger partial charge in [0.15, 0.2) is 0 Å². The van der Waals surface area contributed by atoms with Crippen LogP contribution >= 0.6 is 11.6 Å². The van der Waals surface area contributed by atoms with Gasteiger partial charge in [-0.3, -0.25) is 4.79 Å². The lowest BCUT2D eigenvalue weighted by molar-refractivity contribution is -0.119. The molecular formula is C14H19ClN2O. The highest BCUT2D eigenvalue weighted by molar-refractivity contribution is 6.31. The van der Waals surface area contributed by atoms with Crippen LogP contribution in [0.4, 0.5) is 11.4 Å². The number of rotatable bonds is 3. The first-order chi connectivity index (χ1) is 8.58. The first-order valence-electron chi connectivity index (χ1n) is 6.39. The summed E-state index contributed by atoms with van der Waals surface area (Å²) in [4.78, 5) is 13.8. The number of halogens is 1. The van der Waals surface area contributed by atoms with Crippen molar-refractivity contribution in [2.45, 2.75) is 32.1 Å². The summed E-state index contributed by atoms with van der Waals surface area (Å²) < 4.78 is 0. The van der Waals surface area contributed by atoms with E-state index in [1.54, 1.807) is 30.1 Å². The molecule has 0 saturated heterocycles. The number of hydrogen-bond donors (Lipinski definition) is 1. The van der Waals surface area contributed by atoms with E-state index in [2.05, 4.69) is 0 Å². The van der Waals surface area contributed by atoms with Crippen molar-refractivity contribution in [1.29, 1.82) is 0 Å². The average Bonchev–Trinajstić information content (AvgIpc) is 2.84.